The number of carbonyl (C=O) groups excluding carboxylic acids is 1. The highest BCUT2D eigenvalue weighted by Crippen LogP contribution is 2.29. The lowest BCUT2D eigenvalue weighted by Crippen LogP contribution is -2.19. The van der Waals surface area contributed by atoms with E-state index in [2.05, 4.69) is 18.7 Å². The van der Waals surface area contributed by atoms with Crippen LogP contribution in [0, 0.1) is 11.8 Å². The van der Waals surface area contributed by atoms with Crippen LogP contribution < -0.4 is 10.6 Å². The number of hydrogen-bond donors (Lipinski definition) is 1. The van der Waals surface area contributed by atoms with E-state index in [0.29, 0.717) is 23.1 Å². The first-order valence-corrected chi connectivity index (χ1v) is 6.14. The van der Waals surface area contributed by atoms with Crippen LogP contribution in [0.4, 0.5) is 11.4 Å². The third kappa shape index (κ3) is 2.28. The molecule has 2 N–H and O–H groups in total. The molecule has 0 spiro atoms. The molecule has 2 unspecified atom stereocenters. The van der Waals surface area contributed by atoms with Crippen molar-refractivity contribution in [3.8, 4) is 0 Å². The fourth-order valence-corrected chi connectivity index (χ4v) is 2.41. The summed E-state index contributed by atoms with van der Waals surface area (Å²) in [4.78, 5) is 13.7. The molecule has 1 aromatic rings. The number of hydrogen-bond acceptors (Lipinski definition) is 3. The standard InChI is InChI=1S/C14H20N2O/c1-9-7-16(8-10(9)2)12-4-5-13(11(3)17)14(15)6-12/h4-6,9-10H,7-8,15H2,1-3H3. The first-order chi connectivity index (χ1) is 7.99. The molecule has 3 nitrogen and oxygen atoms in total. The number of nitrogens with zero attached hydrogens (tertiary/aromatic N) is 1. The Morgan fingerprint density at radius 2 is 1.88 bits per heavy atom. The predicted octanol–water partition coefficient (Wildman–Crippen LogP) is 2.56. The molecule has 0 saturated carbocycles. The summed E-state index contributed by atoms with van der Waals surface area (Å²) in [6.45, 7) is 8.24. The largest absolute Gasteiger partial charge is 0.398 e. The highest BCUT2D eigenvalue weighted by atomic mass is 16.1. The Hall–Kier alpha value is -1.51. The maximum Gasteiger partial charge on any atom is 0.161 e. The van der Waals surface area contributed by atoms with Gasteiger partial charge in [0.25, 0.3) is 0 Å². The molecule has 2 rings (SSSR count). The molecule has 1 saturated heterocycles. The zero-order valence-corrected chi connectivity index (χ0v) is 10.7. The van der Waals surface area contributed by atoms with Gasteiger partial charge in [-0.1, -0.05) is 13.8 Å². The Balaban J connectivity index is 2.24. The van der Waals surface area contributed by atoms with Gasteiger partial charge in [0.05, 0.1) is 0 Å². The maximum atomic E-state index is 11.3. The zero-order chi connectivity index (χ0) is 12.6. The molecule has 1 aliphatic rings. The molecule has 0 radical (unpaired) electrons. The lowest BCUT2D eigenvalue weighted by molar-refractivity contribution is 0.101. The monoisotopic (exact) mass is 232 g/mol. The molecular formula is C14H20N2O. The van der Waals surface area contributed by atoms with Crippen molar-refractivity contribution in [1.29, 1.82) is 0 Å². The van der Waals surface area contributed by atoms with E-state index in [1.54, 1.807) is 6.92 Å². The fourth-order valence-electron chi connectivity index (χ4n) is 2.41. The number of carbonyl (C=O) groups is 1. The summed E-state index contributed by atoms with van der Waals surface area (Å²) >= 11 is 0. The van der Waals surface area contributed by atoms with Crippen molar-refractivity contribution in [1.82, 2.24) is 0 Å². The van der Waals surface area contributed by atoms with E-state index < -0.39 is 0 Å². The summed E-state index contributed by atoms with van der Waals surface area (Å²) in [5.41, 5.74) is 8.25. The van der Waals surface area contributed by atoms with Crippen LogP contribution in [0.5, 0.6) is 0 Å². The molecule has 3 heteroatoms. The Kier molecular flexibility index (Phi) is 3.09. The second kappa shape index (κ2) is 4.40. The van der Waals surface area contributed by atoms with Crippen LogP contribution in [-0.4, -0.2) is 18.9 Å². The summed E-state index contributed by atoms with van der Waals surface area (Å²) in [5, 5.41) is 0. The number of nitrogen functional groups attached to an aromatic ring is 1. The third-order valence-electron chi connectivity index (χ3n) is 3.77. The lowest BCUT2D eigenvalue weighted by atomic mass is 10.0. The van der Waals surface area contributed by atoms with Crippen LogP contribution in [0.25, 0.3) is 0 Å². The molecule has 1 heterocycles. The molecule has 1 aromatic carbocycles. The zero-order valence-electron chi connectivity index (χ0n) is 10.7. The Bertz CT molecular complexity index is 432. The summed E-state index contributed by atoms with van der Waals surface area (Å²) < 4.78 is 0. The van der Waals surface area contributed by atoms with Crippen molar-refractivity contribution in [3.05, 3.63) is 23.8 Å². The van der Waals surface area contributed by atoms with E-state index in [9.17, 15) is 4.79 Å². The number of benzene rings is 1. The van der Waals surface area contributed by atoms with Crippen molar-refractivity contribution in [3.63, 3.8) is 0 Å². The van der Waals surface area contributed by atoms with Crippen molar-refractivity contribution in [2.24, 2.45) is 11.8 Å². The van der Waals surface area contributed by atoms with Gasteiger partial charge in [0, 0.05) is 30.0 Å². The second-order valence-electron chi connectivity index (χ2n) is 5.19. The van der Waals surface area contributed by atoms with Crippen molar-refractivity contribution in [2.45, 2.75) is 20.8 Å². The van der Waals surface area contributed by atoms with Crippen LogP contribution >= 0.6 is 0 Å². The highest BCUT2D eigenvalue weighted by molar-refractivity contribution is 5.99. The molecule has 17 heavy (non-hydrogen) atoms. The number of ketones is 1. The Morgan fingerprint density at radius 1 is 1.29 bits per heavy atom. The quantitative estimate of drug-likeness (QED) is 0.629. The SMILES string of the molecule is CC(=O)c1ccc(N2CC(C)C(C)C2)cc1N. The van der Waals surface area contributed by atoms with Crippen molar-refractivity contribution in [2.75, 3.05) is 23.7 Å². The third-order valence-corrected chi connectivity index (χ3v) is 3.77. The van der Waals surface area contributed by atoms with Crippen molar-refractivity contribution < 1.29 is 4.79 Å². The number of anilines is 2. The van der Waals surface area contributed by atoms with Crippen LogP contribution in [0.3, 0.4) is 0 Å². The van der Waals surface area contributed by atoms with Gasteiger partial charge < -0.3 is 10.6 Å². The van der Waals surface area contributed by atoms with Gasteiger partial charge >= 0.3 is 0 Å². The average Bonchev–Trinajstić information content (AvgIpc) is 2.58. The van der Waals surface area contributed by atoms with Crippen LogP contribution in [0.2, 0.25) is 0 Å². The summed E-state index contributed by atoms with van der Waals surface area (Å²) in [7, 11) is 0. The van der Waals surface area contributed by atoms with E-state index in [4.69, 9.17) is 5.73 Å². The molecule has 0 bridgehead atoms. The van der Waals surface area contributed by atoms with Gasteiger partial charge in [-0.25, -0.2) is 0 Å². The van der Waals surface area contributed by atoms with Gasteiger partial charge in [-0.05, 0) is 37.0 Å². The van der Waals surface area contributed by atoms with Gasteiger partial charge in [0.2, 0.25) is 0 Å². The molecule has 0 aliphatic carbocycles. The van der Waals surface area contributed by atoms with Crippen LogP contribution in [-0.2, 0) is 0 Å². The molecule has 0 amide bonds. The first-order valence-electron chi connectivity index (χ1n) is 6.14. The van der Waals surface area contributed by atoms with Gasteiger partial charge in [0.15, 0.2) is 5.78 Å². The number of Topliss-reactive ketones (excluding diaryl/α,β-unsaturated/α-hetero) is 1. The number of rotatable bonds is 2. The Morgan fingerprint density at radius 3 is 2.35 bits per heavy atom. The molecule has 1 aliphatic heterocycles. The minimum Gasteiger partial charge on any atom is -0.398 e. The molecule has 1 fully saturated rings. The molecule has 92 valence electrons. The lowest BCUT2D eigenvalue weighted by Gasteiger charge is -2.19. The highest BCUT2D eigenvalue weighted by Gasteiger charge is 2.26. The van der Waals surface area contributed by atoms with Gasteiger partial charge in [0.1, 0.15) is 0 Å². The Labute approximate surface area is 103 Å². The molecule has 2 atom stereocenters. The van der Waals surface area contributed by atoms with Crippen LogP contribution in [0.1, 0.15) is 31.1 Å². The van der Waals surface area contributed by atoms with E-state index in [1.807, 2.05) is 18.2 Å². The van der Waals surface area contributed by atoms with Crippen LogP contribution in [0.15, 0.2) is 18.2 Å². The predicted molar refractivity (Wildman–Crippen MR) is 71.4 cm³/mol. The summed E-state index contributed by atoms with van der Waals surface area (Å²) in [6, 6.07) is 5.75. The van der Waals surface area contributed by atoms with E-state index in [0.717, 1.165) is 18.8 Å². The molecular weight excluding hydrogens is 212 g/mol. The minimum atomic E-state index is 0.0252. The second-order valence-corrected chi connectivity index (χ2v) is 5.19. The van der Waals surface area contributed by atoms with Gasteiger partial charge in [-0.2, -0.15) is 0 Å². The normalized spacial score (nSPS) is 24.1. The topological polar surface area (TPSA) is 46.3 Å². The van der Waals surface area contributed by atoms with Gasteiger partial charge in [-0.3, -0.25) is 4.79 Å². The van der Waals surface area contributed by atoms with E-state index in [-0.39, 0.29) is 5.78 Å². The first kappa shape index (κ1) is 12.0. The average molecular weight is 232 g/mol. The summed E-state index contributed by atoms with van der Waals surface area (Å²) in [6.07, 6.45) is 0. The van der Waals surface area contributed by atoms with Gasteiger partial charge in [-0.15, -0.1) is 0 Å². The van der Waals surface area contributed by atoms with Crippen molar-refractivity contribution >= 4 is 17.2 Å². The maximum absolute atomic E-state index is 11.3. The summed E-state index contributed by atoms with van der Waals surface area (Å²) in [5.74, 6) is 1.45. The molecule has 0 aromatic heterocycles. The number of nitrogens with two attached hydrogens (primary N) is 1. The van der Waals surface area contributed by atoms with E-state index in [1.165, 1.54) is 0 Å². The van der Waals surface area contributed by atoms with E-state index >= 15 is 0 Å². The smallest absolute Gasteiger partial charge is 0.161 e. The fraction of sp³-hybridized carbons (Fsp3) is 0.500. The minimum absolute atomic E-state index is 0.0252.